The summed E-state index contributed by atoms with van der Waals surface area (Å²) in [4.78, 5) is 15.8. The summed E-state index contributed by atoms with van der Waals surface area (Å²) in [5.41, 5.74) is 2.69. The Morgan fingerprint density at radius 2 is 1.92 bits per heavy atom. The van der Waals surface area contributed by atoms with Crippen molar-refractivity contribution in [2.75, 3.05) is 25.9 Å². The predicted molar refractivity (Wildman–Crippen MR) is 135 cm³/mol. The third-order valence-electron chi connectivity index (χ3n) is 7.80. The van der Waals surface area contributed by atoms with Crippen LogP contribution in [0.25, 0.3) is 22.4 Å². The molecule has 5 rings (SSSR count). The highest BCUT2D eigenvalue weighted by atomic mass is 16.7. The lowest BCUT2D eigenvalue weighted by atomic mass is 9.82. The molecule has 0 saturated carbocycles. The number of methoxy groups -OCH3 is 1. The van der Waals surface area contributed by atoms with E-state index in [2.05, 4.69) is 39.1 Å². The van der Waals surface area contributed by atoms with Gasteiger partial charge in [0.15, 0.2) is 12.6 Å². The average molecular weight is 493 g/mol. The van der Waals surface area contributed by atoms with Crippen LogP contribution in [0.1, 0.15) is 39.5 Å². The van der Waals surface area contributed by atoms with Crippen molar-refractivity contribution in [2.45, 2.75) is 56.7 Å². The summed E-state index contributed by atoms with van der Waals surface area (Å²) < 4.78 is 11.0. The molecule has 0 aliphatic carbocycles. The van der Waals surface area contributed by atoms with Crippen LogP contribution in [0.5, 0.6) is 5.75 Å². The molecule has 2 aliphatic heterocycles. The standard InChI is InChI=1S/C26H32N6O4/c1-25-9-10-26(2,32(25)24(33)34)13-19(12-25)31(3)23-8-7-21(29-30-23)20-6-5-17(18-14-27-28-15-18)11-22(20)36-16-35-4/h5-8,11,14-15,19H,9-10,12-13,16H2,1-4H3,(H,27,28)(H,33,34)/t19-,25+,26-. The number of carbonyl (C=O) groups is 1. The number of hydrogen-bond donors (Lipinski definition) is 2. The number of hydrogen-bond acceptors (Lipinski definition) is 7. The third kappa shape index (κ3) is 4.15. The van der Waals surface area contributed by atoms with Gasteiger partial charge in [0, 0.05) is 48.6 Å². The second-order valence-electron chi connectivity index (χ2n) is 10.3. The lowest BCUT2D eigenvalue weighted by Gasteiger charge is -2.51. The van der Waals surface area contributed by atoms with Gasteiger partial charge in [0.1, 0.15) is 5.75 Å². The van der Waals surface area contributed by atoms with E-state index >= 15 is 0 Å². The smallest absolute Gasteiger partial charge is 0.408 e. The summed E-state index contributed by atoms with van der Waals surface area (Å²) in [6, 6.07) is 9.97. The van der Waals surface area contributed by atoms with Gasteiger partial charge in [-0.05, 0) is 69.4 Å². The van der Waals surface area contributed by atoms with E-state index in [0.29, 0.717) is 11.4 Å². The lowest BCUT2D eigenvalue weighted by molar-refractivity contribution is 0.0131. The van der Waals surface area contributed by atoms with E-state index in [1.807, 2.05) is 43.6 Å². The van der Waals surface area contributed by atoms with Gasteiger partial charge in [-0.2, -0.15) is 5.10 Å². The van der Waals surface area contributed by atoms with E-state index < -0.39 is 6.09 Å². The van der Waals surface area contributed by atoms with Crippen molar-refractivity contribution in [2.24, 2.45) is 0 Å². The molecule has 0 unspecified atom stereocenters. The summed E-state index contributed by atoms with van der Waals surface area (Å²) in [5.74, 6) is 1.40. The molecular formula is C26H32N6O4. The van der Waals surface area contributed by atoms with Crippen molar-refractivity contribution in [3.05, 3.63) is 42.7 Å². The van der Waals surface area contributed by atoms with Gasteiger partial charge >= 0.3 is 6.09 Å². The number of nitrogens with one attached hydrogen (secondary N) is 1. The largest absolute Gasteiger partial charge is 0.467 e. The average Bonchev–Trinajstić information content (AvgIpc) is 3.45. The van der Waals surface area contributed by atoms with Crippen LogP contribution < -0.4 is 9.64 Å². The summed E-state index contributed by atoms with van der Waals surface area (Å²) in [5, 5.41) is 25.8. The van der Waals surface area contributed by atoms with Gasteiger partial charge in [-0.3, -0.25) is 10.00 Å². The first-order valence-corrected chi connectivity index (χ1v) is 12.1. The molecular weight excluding hydrogens is 460 g/mol. The molecule has 3 aromatic rings. The molecule has 10 nitrogen and oxygen atoms in total. The van der Waals surface area contributed by atoms with Crippen molar-refractivity contribution in [1.82, 2.24) is 25.3 Å². The molecule has 3 atom stereocenters. The highest BCUT2D eigenvalue weighted by Crippen LogP contribution is 2.51. The number of benzene rings is 1. The fourth-order valence-corrected chi connectivity index (χ4v) is 6.03. The molecule has 0 spiro atoms. The first kappa shape index (κ1) is 24.1. The highest BCUT2D eigenvalue weighted by molar-refractivity contribution is 5.74. The van der Waals surface area contributed by atoms with Crippen molar-refractivity contribution in [3.8, 4) is 28.1 Å². The molecule has 4 heterocycles. The highest BCUT2D eigenvalue weighted by Gasteiger charge is 2.58. The third-order valence-corrected chi connectivity index (χ3v) is 7.80. The zero-order valence-electron chi connectivity index (χ0n) is 21.1. The Morgan fingerprint density at radius 3 is 2.50 bits per heavy atom. The minimum Gasteiger partial charge on any atom is -0.467 e. The van der Waals surface area contributed by atoms with Crippen LogP contribution in [-0.2, 0) is 4.74 Å². The maximum Gasteiger partial charge on any atom is 0.408 e. The Balaban J connectivity index is 1.38. The topological polar surface area (TPSA) is 117 Å². The lowest BCUT2D eigenvalue weighted by Crippen LogP contribution is -2.62. The number of carboxylic acid groups (broad SMARTS) is 1. The van der Waals surface area contributed by atoms with E-state index in [1.54, 1.807) is 18.2 Å². The number of piperidine rings is 1. The van der Waals surface area contributed by atoms with Gasteiger partial charge in [-0.1, -0.05) is 6.07 Å². The van der Waals surface area contributed by atoms with Crippen LogP contribution in [0.15, 0.2) is 42.7 Å². The number of fused-ring (bicyclic) bond motifs is 2. The second-order valence-corrected chi connectivity index (χ2v) is 10.3. The Bertz CT molecular complexity index is 1210. The first-order chi connectivity index (χ1) is 17.2. The Kier molecular flexibility index (Phi) is 6.07. The van der Waals surface area contributed by atoms with Gasteiger partial charge in [-0.25, -0.2) is 4.79 Å². The normalized spacial score (nSPS) is 25.1. The molecule has 1 amide bonds. The van der Waals surface area contributed by atoms with Crippen molar-refractivity contribution >= 4 is 11.9 Å². The summed E-state index contributed by atoms with van der Waals surface area (Å²) >= 11 is 0. The first-order valence-electron chi connectivity index (χ1n) is 12.1. The van der Waals surface area contributed by atoms with E-state index in [-0.39, 0.29) is 23.9 Å². The van der Waals surface area contributed by atoms with Gasteiger partial charge in [0.25, 0.3) is 0 Å². The SMILES string of the molecule is COCOc1cc(-c2cn[nH]c2)ccc1-c1ccc(N(C)[C@@H]2C[C@]3(C)CC[C@](C)(C2)N3C(=O)O)nn1. The fourth-order valence-electron chi connectivity index (χ4n) is 6.03. The van der Waals surface area contributed by atoms with Crippen LogP contribution in [0.2, 0.25) is 0 Å². The summed E-state index contributed by atoms with van der Waals surface area (Å²) in [6.45, 7) is 4.24. The molecule has 0 radical (unpaired) electrons. The number of amides is 1. The molecule has 2 saturated heterocycles. The number of aromatic nitrogens is 4. The van der Waals surface area contributed by atoms with Crippen LogP contribution in [0, 0.1) is 0 Å². The minimum atomic E-state index is -0.826. The number of aromatic amines is 1. The Hall–Kier alpha value is -3.66. The van der Waals surface area contributed by atoms with Gasteiger partial charge in [0.05, 0.1) is 11.9 Å². The monoisotopic (exact) mass is 492 g/mol. The summed E-state index contributed by atoms with van der Waals surface area (Å²) in [7, 11) is 3.60. The Morgan fingerprint density at radius 1 is 1.17 bits per heavy atom. The Labute approximate surface area is 210 Å². The molecule has 10 heteroatoms. The number of rotatable bonds is 7. The zero-order valence-corrected chi connectivity index (χ0v) is 21.1. The second kappa shape index (κ2) is 9.09. The van der Waals surface area contributed by atoms with Crippen LogP contribution in [-0.4, -0.2) is 74.6 Å². The minimum absolute atomic E-state index is 0.114. The van der Waals surface area contributed by atoms with Crippen molar-refractivity contribution in [3.63, 3.8) is 0 Å². The molecule has 2 N–H and O–H groups in total. The van der Waals surface area contributed by atoms with Gasteiger partial charge < -0.3 is 19.5 Å². The predicted octanol–water partition coefficient (Wildman–Crippen LogP) is 4.41. The zero-order chi connectivity index (χ0) is 25.5. The number of nitrogens with zero attached hydrogens (tertiary/aromatic N) is 5. The maximum absolute atomic E-state index is 12.0. The van der Waals surface area contributed by atoms with Crippen LogP contribution in [0.4, 0.5) is 10.6 Å². The quantitative estimate of drug-likeness (QED) is 0.466. The van der Waals surface area contributed by atoms with E-state index in [1.165, 1.54) is 0 Å². The molecule has 2 aliphatic rings. The van der Waals surface area contributed by atoms with Crippen molar-refractivity contribution in [1.29, 1.82) is 0 Å². The number of H-pyrrole nitrogens is 1. The number of anilines is 1. The van der Waals surface area contributed by atoms with Crippen LogP contribution >= 0.6 is 0 Å². The van der Waals surface area contributed by atoms with Crippen molar-refractivity contribution < 1.29 is 19.4 Å². The van der Waals surface area contributed by atoms with Gasteiger partial charge in [-0.15, -0.1) is 10.2 Å². The molecule has 2 bridgehead atoms. The molecule has 2 fully saturated rings. The number of ether oxygens (including phenoxy) is 2. The van der Waals surface area contributed by atoms with E-state index in [0.717, 1.165) is 48.2 Å². The molecule has 190 valence electrons. The van der Waals surface area contributed by atoms with E-state index in [4.69, 9.17) is 9.47 Å². The molecule has 1 aromatic carbocycles. The molecule has 36 heavy (non-hydrogen) atoms. The maximum atomic E-state index is 12.0. The fraction of sp³-hybridized carbons (Fsp3) is 0.462. The molecule has 2 aromatic heterocycles. The van der Waals surface area contributed by atoms with Crippen LogP contribution in [0.3, 0.4) is 0 Å². The van der Waals surface area contributed by atoms with E-state index in [9.17, 15) is 9.90 Å². The van der Waals surface area contributed by atoms with Gasteiger partial charge in [0.2, 0.25) is 0 Å². The summed E-state index contributed by atoms with van der Waals surface area (Å²) in [6.07, 6.45) is 6.04.